The largest absolute Gasteiger partial charge is 1.00 e. The number of carbonyl (C=O) groups is 1. The van der Waals surface area contributed by atoms with Crippen LogP contribution >= 0.6 is 11.3 Å². The van der Waals surface area contributed by atoms with Gasteiger partial charge in [-0.3, -0.25) is 4.79 Å². The number of nitrogens with one attached hydrogen (secondary N) is 1. The van der Waals surface area contributed by atoms with E-state index in [4.69, 9.17) is 9.40 Å². The molecule has 0 radical (unpaired) electrons. The number of nitrogens with zero attached hydrogens (tertiary/aromatic N) is 1. The number of fused-ring (bicyclic) bond motifs is 3. The van der Waals surface area contributed by atoms with Crippen molar-refractivity contribution in [1.29, 1.82) is 0 Å². The number of hydrogen-bond acceptors (Lipinski definition) is 4. The summed E-state index contributed by atoms with van der Waals surface area (Å²) in [5.41, 5.74) is 4.30. The smallest absolute Gasteiger partial charge is 0.258 e. The molecule has 1 aliphatic carbocycles. The molecule has 1 aromatic carbocycles. The Labute approximate surface area is 185 Å². The number of pyridine rings is 1. The molecule has 0 bridgehead atoms. The molecule has 1 amide bonds. The molecular weight excluding hydrogens is 416 g/mol. The van der Waals surface area contributed by atoms with Gasteiger partial charge in [0, 0.05) is 21.5 Å². The molecule has 3 heterocycles. The highest BCUT2D eigenvalue weighted by molar-refractivity contribution is 7.19. The first-order valence-electron chi connectivity index (χ1n) is 9.97. The third-order valence-electron chi connectivity index (χ3n) is 5.65. The van der Waals surface area contributed by atoms with Gasteiger partial charge in [-0.05, 0) is 61.9 Å². The highest BCUT2D eigenvalue weighted by Crippen LogP contribution is 2.44. The number of benzene rings is 1. The van der Waals surface area contributed by atoms with Crippen LogP contribution in [0, 0.1) is 12.8 Å². The molecule has 0 saturated carbocycles. The first-order chi connectivity index (χ1) is 14.1. The zero-order valence-corrected chi connectivity index (χ0v) is 18.4. The van der Waals surface area contributed by atoms with Crippen molar-refractivity contribution in [3.05, 3.63) is 70.4 Å². The van der Waals surface area contributed by atoms with Crippen LogP contribution in [0.4, 0.5) is 5.69 Å². The number of carbonyl (C=O) groups excluding carboxylic acids is 1. The van der Waals surface area contributed by atoms with E-state index < -0.39 is 0 Å². The van der Waals surface area contributed by atoms with Crippen LogP contribution in [0.3, 0.4) is 0 Å². The van der Waals surface area contributed by atoms with Gasteiger partial charge in [-0.2, -0.15) is 0 Å². The van der Waals surface area contributed by atoms with E-state index in [0.717, 1.165) is 52.2 Å². The maximum Gasteiger partial charge on any atom is 0.258 e. The van der Waals surface area contributed by atoms with Gasteiger partial charge in [0.15, 0.2) is 0 Å². The summed E-state index contributed by atoms with van der Waals surface area (Å²) >= 11 is 1.77. The lowest BCUT2D eigenvalue weighted by molar-refractivity contribution is -0.0000140. The fourth-order valence-corrected chi connectivity index (χ4v) is 5.69. The molecule has 1 N–H and O–H groups in total. The molecular formula is C24H22ClN2O2S-. The van der Waals surface area contributed by atoms with E-state index in [1.165, 1.54) is 10.4 Å². The fourth-order valence-electron chi connectivity index (χ4n) is 4.25. The van der Waals surface area contributed by atoms with Gasteiger partial charge in [0.2, 0.25) is 0 Å². The van der Waals surface area contributed by atoms with Gasteiger partial charge in [0.1, 0.15) is 10.6 Å². The Kier molecular flexibility index (Phi) is 5.67. The second-order valence-corrected chi connectivity index (χ2v) is 8.86. The van der Waals surface area contributed by atoms with Crippen LogP contribution in [-0.4, -0.2) is 10.9 Å². The molecule has 1 unspecified atom stereocenters. The van der Waals surface area contributed by atoms with Gasteiger partial charge in [-0.1, -0.05) is 25.1 Å². The fraction of sp³-hybridized carbons (Fsp3) is 0.250. The minimum absolute atomic E-state index is 0. The van der Waals surface area contributed by atoms with Gasteiger partial charge in [-0.15, -0.1) is 11.3 Å². The Bertz CT molecular complexity index is 1200. The van der Waals surface area contributed by atoms with E-state index >= 15 is 0 Å². The highest BCUT2D eigenvalue weighted by Gasteiger charge is 2.28. The summed E-state index contributed by atoms with van der Waals surface area (Å²) in [6.07, 6.45) is 4.93. The van der Waals surface area contributed by atoms with Crippen LogP contribution in [0.2, 0.25) is 0 Å². The molecule has 4 nitrogen and oxygen atoms in total. The minimum Gasteiger partial charge on any atom is -1.00 e. The van der Waals surface area contributed by atoms with E-state index in [2.05, 4.69) is 12.2 Å². The molecule has 1 aliphatic rings. The molecule has 6 heteroatoms. The number of hydrogen-bond donors (Lipinski definition) is 1. The molecule has 30 heavy (non-hydrogen) atoms. The van der Waals surface area contributed by atoms with E-state index in [-0.39, 0.29) is 18.3 Å². The maximum absolute atomic E-state index is 13.3. The van der Waals surface area contributed by atoms with E-state index in [1.54, 1.807) is 17.6 Å². The molecule has 3 aromatic heterocycles. The third kappa shape index (κ3) is 3.53. The van der Waals surface area contributed by atoms with E-state index in [1.807, 2.05) is 49.4 Å². The van der Waals surface area contributed by atoms with Crippen LogP contribution in [-0.2, 0) is 12.8 Å². The van der Waals surface area contributed by atoms with Gasteiger partial charge in [0.25, 0.3) is 5.91 Å². The number of para-hydroxylation sites is 1. The second kappa shape index (κ2) is 8.25. The molecule has 0 fully saturated rings. The average molecular weight is 438 g/mol. The van der Waals surface area contributed by atoms with Gasteiger partial charge in [0.05, 0.1) is 17.5 Å². The lowest BCUT2D eigenvalue weighted by atomic mass is 9.87. The summed E-state index contributed by atoms with van der Waals surface area (Å²) < 4.78 is 5.80. The zero-order chi connectivity index (χ0) is 20.0. The van der Waals surface area contributed by atoms with Crippen LogP contribution in [0.15, 0.2) is 53.1 Å². The zero-order valence-electron chi connectivity index (χ0n) is 16.9. The summed E-state index contributed by atoms with van der Waals surface area (Å²) in [4.78, 5) is 20.6. The van der Waals surface area contributed by atoms with Crippen molar-refractivity contribution < 1.29 is 21.6 Å². The maximum atomic E-state index is 13.3. The van der Waals surface area contributed by atoms with Crippen molar-refractivity contribution in [3.8, 4) is 11.3 Å². The number of halogens is 1. The van der Waals surface area contributed by atoms with Crippen molar-refractivity contribution >= 4 is 33.1 Å². The number of anilines is 1. The first kappa shape index (κ1) is 20.6. The number of aryl methyl sites for hydroxylation is 2. The van der Waals surface area contributed by atoms with Gasteiger partial charge in [-0.25, -0.2) is 4.98 Å². The quantitative estimate of drug-likeness (QED) is 0.535. The summed E-state index contributed by atoms with van der Waals surface area (Å²) in [5, 5.41) is 4.12. The lowest BCUT2D eigenvalue weighted by Crippen LogP contribution is -3.00. The summed E-state index contributed by atoms with van der Waals surface area (Å²) in [6, 6.07) is 13.3. The highest BCUT2D eigenvalue weighted by atomic mass is 35.5. The van der Waals surface area contributed by atoms with Crippen molar-refractivity contribution in [2.45, 2.75) is 33.1 Å². The Morgan fingerprint density at radius 1 is 1.20 bits per heavy atom. The standard InChI is InChI=1S/C24H22N2O2S.ClH/c1-14-10-11-17-19(13-14)29-24-21(17)22(18-9-6-12-28-18)20(15(2)25-24)23(27)26-16-7-4-3-5-8-16;/h3-9,12,14H,10-11,13H2,1-2H3,(H,26,27);1H/p-1. The normalized spacial score (nSPS) is 15.5. The van der Waals surface area contributed by atoms with Crippen LogP contribution in [0.5, 0.6) is 0 Å². The number of thiophene rings is 1. The molecule has 154 valence electrons. The van der Waals surface area contributed by atoms with Crippen molar-refractivity contribution in [2.24, 2.45) is 5.92 Å². The number of rotatable bonds is 3. The number of furan rings is 1. The topological polar surface area (TPSA) is 55.1 Å². The van der Waals surface area contributed by atoms with E-state index in [0.29, 0.717) is 11.5 Å². The van der Waals surface area contributed by atoms with Crippen LogP contribution < -0.4 is 17.7 Å². The van der Waals surface area contributed by atoms with Crippen molar-refractivity contribution in [1.82, 2.24) is 4.98 Å². The summed E-state index contributed by atoms with van der Waals surface area (Å²) in [7, 11) is 0. The third-order valence-corrected chi connectivity index (χ3v) is 6.80. The first-order valence-corrected chi connectivity index (χ1v) is 10.8. The van der Waals surface area contributed by atoms with Crippen molar-refractivity contribution in [2.75, 3.05) is 5.32 Å². The predicted molar refractivity (Wildman–Crippen MR) is 118 cm³/mol. The molecule has 5 rings (SSSR count). The second-order valence-electron chi connectivity index (χ2n) is 7.78. The SMILES string of the molecule is Cc1nc2sc3c(c2c(-c2ccco2)c1C(=O)Nc1ccccc1)CCC(C)C3.[Cl-]. The molecule has 4 aromatic rings. The van der Waals surface area contributed by atoms with Crippen LogP contribution in [0.1, 0.15) is 39.8 Å². The molecule has 0 saturated heterocycles. The lowest BCUT2D eigenvalue weighted by Gasteiger charge is -2.19. The number of aromatic nitrogens is 1. The average Bonchev–Trinajstić information content (AvgIpc) is 3.34. The summed E-state index contributed by atoms with van der Waals surface area (Å²) in [5.74, 6) is 1.25. The molecule has 0 spiro atoms. The van der Waals surface area contributed by atoms with Crippen molar-refractivity contribution in [3.63, 3.8) is 0 Å². The van der Waals surface area contributed by atoms with E-state index in [9.17, 15) is 4.79 Å². The van der Waals surface area contributed by atoms with Crippen LogP contribution in [0.25, 0.3) is 21.5 Å². The minimum atomic E-state index is -0.154. The molecule has 1 atom stereocenters. The monoisotopic (exact) mass is 437 g/mol. The molecule has 0 aliphatic heterocycles. The number of amides is 1. The van der Waals surface area contributed by atoms with Gasteiger partial charge < -0.3 is 22.1 Å². The predicted octanol–water partition coefficient (Wildman–Crippen LogP) is 3.25. The Morgan fingerprint density at radius 3 is 2.73 bits per heavy atom. The van der Waals surface area contributed by atoms with Gasteiger partial charge >= 0.3 is 0 Å². The Balaban J connectivity index is 0.00000218. The Morgan fingerprint density at radius 2 is 2.00 bits per heavy atom. The Hall–Kier alpha value is -2.63. The summed E-state index contributed by atoms with van der Waals surface area (Å²) in [6.45, 7) is 4.21.